The third kappa shape index (κ3) is 3.09. The lowest BCUT2D eigenvalue weighted by Crippen LogP contribution is -2.02. The Hall–Kier alpha value is -0.840. The molecule has 0 aliphatic heterocycles. The second kappa shape index (κ2) is 5.21. The van der Waals surface area contributed by atoms with Gasteiger partial charge in [-0.15, -0.1) is 0 Å². The van der Waals surface area contributed by atoms with Crippen molar-refractivity contribution in [1.82, 2.24) is 9.55 Å². The van der Waals surface area contributed by atoms with Gasteiger partial charge in [0.2, 0.25) is 0 Å². The standard InChI is InChI=1S/C12H12BrClN2O/c1-16-6-11(15-7-16)12(17)4-8-2-3-9(13)5-10(8)14/h2-3,5-7,12,17H,4H2,1H3. The molecular formula is C12H12BrClN2O. The average molecular weight is 316 g/mol. The Kier molecular flexibility index (Phi) is 3.86. The smallest absolute Gasteiger partial charge is 0.102 e. The van der Waals surface area contributed by atoms with Crippen LogP contribution in [-0.4, -0.2) is 14.7 Å². The van der Waals surface area contributed by atoms with Gasteiger partial charge in [-0.1, -0.05) is 33.6 Å². The van der Waals surface area contributed by atoms with Gasteiger partial charge in [0.25, 0.3) is 0 Å². The van der Waals surface area contributed by atoms with Crippen molar-refractivity contribution in [3.05, 3.63) is 51.5 Å². The maximum Gasteiger partial charge on any atom is 0.102 e. The predicted octanol–water partition coefficient (Wildman–Crippen LogP) is 3.11. The van der Waals surface area contributed by atoms with E-state index in [2.05, 4.69) is 20.9 Å². The second-order valence-electron chi connectivity index (χ2n) is 3.92. The minimum Gasteiger partial charge on any atom is -0.386 e. The molecule has 1 aromatic heterocycles. The predicted molar refractivity (Wildman–Crippen MR) is 71.0 cm³/mol. The molecule has 0 radical (unpaired) electrons. The number of aryl methyl sites for hydroxylation is 1. The molecule has 1 N–H and O–H groups in total. The molecular weight excluding hydrogens is 304 g/mol. The number of aromatic nitrogens is 2. The van der Waals surface area contributed by atoms with E-state index in [4.69, 9.17) is 11.6 Å². The normalized spacial score (nSPS) is 12.7. The van der Waals surface area contributed by atoms with E-state index in [1.54, 1.807) is 12.5 Å². The number of hydrogen-bond donors (Lipinski definition) is 1. The van der Waals surface area contributed by atoms with Crippen LogP contribution in [0.4, 0.5) is 0 Å². The first kappa shape index (κ1) is 12.6. The Balaban J connectivity index is 2.15. The molecule has 0 bridgehead atoms. The van der Waals surface area contributed by atoms with Crippen molar-refractivity contribution < 1.29 is 5.11 Å². The SMILES string of the molecule is Cn1cnc(C(O)Cc2ccc(Br)cc2Cl)c1. The first-order valence-corrected chi connectivity index (χ1v) is 6.33. The maximum atomic E-state index is 10.0. The highest BCUT2D eigenvalue weighted by atomic mass is 79.9. The zero-order valence-electron chi connectivity index (χ0n) is 9.27. The molecule has 2 rings (SSSR count). The van der Waals surface area contributed by atoms with Gasteiger partial charge in [-0.3, -0.25) is 0 Å². The van der Waals surface area contributed by atoms with E-state index in [1.165, 1.54) is 0 Å². The summed E-state index contributed by atoms with van der Waals surface area (Å²) in [4.78, 5) is 4.12. The van der Waals surface area contributed by atoms with Crippen LogP contribution >= 0.6 is 27.5 Å². The summed E-state index contributed by atoms with van der Waals surface area (Å²) in [5, 5.41) is 10.7. The van der Waals surface area contributed by atoms with Crippen LogP contribution in [0.25, 0.3) is 0 Å². The number of halogens is 2. The summed E-state index contributed by atoms with van der Waals surface area (Å²) < 4.78 is 2.74. The minimum atomic E-state index is -0.630. The highest BCUT2D eigenvalue weighted by Crippen LogP contribution is 2.25. The molecule has 17 heavy (non-hydrogen) atoms. The summed E-state index contributed by atoms with van der Waals surface area (Å²) in [6.07, 6.45) is 3.30. The van der Waals surface area contributed by atoms with Gasteiger partial charge < -0.3 is 9.67 Å². The van der Waals surface area contributed by atoms with E-state index < -0.39 is 6.10 Å². The molecule has 0 fully saturated rings. The summed E-state index contributed by atoms with van der Waals surface area (Å²) >= 11 is 9.45. The Morgan fingerprint density at radius 2 is 2.29 bits per heavy atom. The molecule has 0 aliphatic rings. The van der Waals surface area contributed by atoms with Crippen LogP contribution in [0.1, 0.15) is 17.4 Å². The van der Waals surface area contributed by atoms with Crippen LogP contribution in [0.3, 0.4) is 0 Å². The maximum absolute atomic E-state index is 10.0. The van der Waals surface area contributed by atoms with Gasteiger partial charge in [0.15, 0.2) is 0 Å². The van der Waals surface area contributed by atoms with Crippen molar-refractivity contribution in [1.29, 1.82) is 0 Å². The van der Waals surface area contributed by atoms with Crippen molar-refractivity contribution in [3.63, 3.8) is 0 Å². The molecule has 0 aliphatic carbocycles. The Labute approximate surface area is 113 Å². The van der Waals surface area contributed by atoms with Crippen molar-refractivity contribution in [2.24, 2.45) is 7.05 Å². The van der Waals surface area contributed by atoms with E-state index in [9.17, 15) is 5.11 Å². The minimum absolute atomic E-state index is 0.461. The lowest BCUT2D eigenvalue weighted by molar-refractivity contribution is 0.174. The molecule has 0 spiro atoms. The van der Waals surface area contributed by atoms with E-state index in [0.29, 0.717) is 17.1 Å². The van der Waals surface area contributed by atoms with Gasteiger partial charge >= 0.3 is 0 Å². The third-order valence-corrected chi connectivity index (χ3v) is 3.34. The summed E-state index contributed by atoms with van der Waals surface area (Å²) in [6, 6.07) is 5.63. The fourth-order valence-corrected chi connectivity index (χ4v) is 2.36. The molecule has 1 atom stereocenters. The van der Waals surface area contributed by atoms with E-state index >= 15 is 0 Å². The number of rotatable bonds is 3. The van der Waals surface area contributed by atoms with E-state index in [1.807, 2.05) is 29.8 Å². The van der Waals surface area contributed by atoms with Gasteiger partial charge in [-0.25, -0.2) is 4.98 Å². The van der Waals surface area contributed by atoms with E-state index in [0.717, 1.165) is 10.0 Å². The Morgan fingerprint density at radius 3 is 2.88 bits per heavy atom. The zero-order valence-corrected chi connectivity index (χ0v) is 11.6. The third-order valence-electron chi connectivity index (χ3n) is 2.49. The lowest BCUT2D eigenvalue weighted by Gasteiger charge is -2.09. The highest BCUT2D eigenvalue weighted by molar-refractivity contribution is 9.10. The number of imidazole rings is 1. The molecule has 1 aromatic carbocycles. The van der Waals surface area contributed by atoms with Crippen LogP contribution in [0.15, 0.2) is 35.2 Å². The number of benzene rings is 1. The van der Waals surface area contributed by atoms with Crippen LogP contribution in [0.5, 0.6) is 0 Å². The largest absolute Gasteiger partial charge is 0.386 e. The Bertz CT molecular complexity index is 527. The second-order valence-corrected chi connectivity index (χ2v) is 5.24. The summed E-state index contributed by atoms with van der Waals surface area (Å²) in [7, 11) is 1.87. The summed E-state index contributed by atoms with van der Waals surface area (Å²) in [6.45, 7) is 0. The van der Waals surface area contributed by atoms with Gasteiger partial charge in [-0.2, -0.15) is 0 Å². The number of nitrogens with zero attached hydrogens (tertiary/aromatic N) is 2. The fourth-order valence-electron chi connectivity index (χ4n) is 1.61. The number of hydrogen-bond acceptors (Lipinski definition) is 2. The van der Waals surface area contributed by atoms with Crippen LogP contribution < -0.4 is 0 Å². The quantitative estimate of drug-likeness (QED) is 0.945. The van der Waals surface area contributed by atoms with Crippen LogP contribution in [0, 0.1) is 0 Å². The average Bonchev–Trinajstić information content (AvgIpc) is 2.69. The molecule has 90 valence electrons. The van der Waals surface area contributed by atoms with Crippen LogP contribution in [0.2, 0.25) is 5.02 Å². The molecule has 1 unspecified atom stereocenters. The first-order valence-electron chi connectivity index (χ1n) is 5.16. The highest BCUT2D eigenvalue weighted by Gasteiger charge is 2.13. The van der Waals surface area contributed by atoms with Crippen molar-refractivity contribution in [3.8, 4) is 0 Å². The molecule has 0 saturated carbocycles. The Morgan fingerprint density at radius 1 is 1.53 bits per heavy atom. The zero-order chi connectivity index (χ0) is 12.4. The van der Waals surface area contributed by atoms with Gasteiger partial charge in [0.1, 0.15) is 6.10 Å². The fraction of sp³-hybridized carbons (Fsp3) is 0.250. The molecule has 1 heterocycles. The molecule has 5 heteroatoms. The van der Waals surface area contributed by atoms with Gasteiger partial charge in [0.05, 0.1) is 12.0 Å². The van der Waals surface area contributed by atoms with Crippen molar-refractivity contribution in [2.75, 3.05) is 0 Å². The van der Waals surface area contributed by atoms with Gasteiger partial charge in [0, 0.05) is 29.2 Å². The number of aliphatic hydroxyl groups is 1. The lowest BCUT2D eigenvalue weighted by atomic mass is 10.1. The summed E-state index contributed by atoms with van der Waals surface area (Å²) in [5.74, 6) is 0. The number of aliphatic hydroxyl groups excluding tert-OH is 1. The first-order chi connectivity index (χ1) is 8.06. The summed E-state index contributed by atoms with van der Waals surface area (Å²) in [5.41, 5.74) is 1.57. The van der Waals surface area contributed by atoms with Crippen molar-refractivity contribution >= 4 is 27.5 Å². The van der Waals surface area contributed by atoms with Crippen molar-refractivity contribution in [2.45, 2.75) is 12.5 Å². The van der Waals surface area contributed by atoms with E-state index in [-0.39, 0.29) is 0 Å². The van der Waals surface area contributed by atoms with Crippen LogP contribution in [-0.2, 0) is 13.5 Å². The molecule has 3 nitrogen and oxygen atoms in total. The molecule has 2 aromatic rings. The monoisotopic (exact) mass is 314 g/mol. The molecule has 0 saturated heterocycles. The topological polar surface area (TPSA) is 38.0 Å². The van der Waals surface area contributed by atoms with Gasteiger partial charge in [-0.05, 0) is 17.7 Å². The molecule has 0 amide bonds.